The van der Waals surface area contributed by atoms with Crippen molar-refractivity contribution in [1.29, 1.82) is 0 Å². The van der Waals surface area contributed by atoms with E-state index in [1.54, 1.807) is 10.6 Å². The molecule has 0 saturated carbocycles. The van der Waals surface area contributed by atoms with Crippen molar-refractivity contribution in [3.8, 4) is 6.01 Å². The highest BCUT2D eigenvalue weighted by atomic mass is 16.5. The molecule has 0 radical (unpaired) electrons. The minimum absolute atomic E-state index is 0.0139. The molecule has 0 spiro atoms. The minimum Gasteiger partial charge on any atom is -0.460 e. The Kier molecular flexibility index (Phi) is 1.59. The maximum atomic E-state index is 12.0. The average molecular weight is 202 g/mol. The van der Waals surface area contributed by atoms with E-state index in [4.69, 9.17) is 4.74 Å². The third-order valence-electron chi connectivity index (χ3n) is 2.57. The molecule has 1 aliphatic heterocycles. The molecule has 1 unspecified atom stereocenters. The maximum absolute atomic E-state index is 12.0. The molecule has 2 aromatic rings. The summed E-state index contributed by atoms with van der Waals surface area (Å²) in [6, 6.07) is 7.76. The molecule has 0 aliphatic carbocycles. The van der Waals surface area contributed by atoms with Gasteiger partial charge in [-0.1, -0.05) is 12.1 Å². The highest BCUT2D eigenvalue weighted by Gasteiger charge is 2.22. The van der Waals surface area contributed by atoms with Crippen molar-refractivity contribution in [3.05, 3.63) is 34.6 Å². The molecule has 1 aliphatic rings. The second-order valence-corrected chi connectivity index (χ2v) is 3.76. The normalized spacial score (nSPS) is 18.9. The second-order valence-electron chi connectivity index (χ2n) is 3.76. The molecular weight excluding hydrogens is 192 g/mol. The van der Waals surface area contributed by atoms with Crippen molar-refractivity contribution in [1.82, 2.24) is 9.55 Å². The first-order valence-electron chi connectivity index (χ1n) is 4.92. The molecule has 2 heterocycles. The van der Waals surface area contributed by atoms with Crippen molar-refractivity contribution in [2.75, 3.05) is 0 Å². The van der Waals surface area contributed by atoms with Gasteiger partial charge >= 0.3 is 0 Å². The molecule has 1 aromatic heterocycles. The SMILES string of the molecule is CC1Cn2c(nc3ccccc3c2=O)O1. The van der Waals surface area contributed by atoms with Gasteiger partial charge < -0.3 is 4.74 Å². The van der Waals surface area contributed by atoms with E-state index in [0.29, 0.717) is 23.5 Å². The fourth-order valence-electron chi connectivity index (χ4n) is 1.87. The van der Waals surface area contributed by atoms with E-state index >= 15 is 0 Å². The van der Waals surface area contributed by atoms with Gasteiger partial charge in [0.1, 0.15) is 6.10 Å². The number of nitrogens with zero attached hydrogens (tertiary/aromatic N) is 2. The van der Waals surface area contributed by atoms with Crippen LogP contribution in [0.3, 0.4) is 0 Å². The first-order valence-corrected chi connectivity index (χ1v) is 4.92. The monoisotopic (exact) mass is 202 g/mol. The predicted octanol–water partition coefficient (Wildman–Crippen LogP) is 1.18. The van der Waals surface area contributed by atoms with Crippen LogP contribution in [0.4, 0.5) is 0 Å². The van der Waals surface area contributed by atoms with Crippen molar-refractivity contribution in [2.45, 2.75) is 19.6 Å². The largest absolute Gasteiger partial charge is 0.460 e. The molecule has 3 rings (SSSR count). The molecule has 0 bridgehead atoms. The van der Waals surface area contributed by atoms with Gasteiger partial charge in [-0.2, -0.15) is 4.98 Å². The minimum atomic E-state index is -0.0139. The topological polar surface area (TPSA) is 44.1 Å². The Morgan fingerprint density at radius 2 is 2.27 bits per heavy atom. The summed E-state index contributed by atoms with van der Waals surface area (Å²) in [6.45, 7) is 2.52. The van der Waals surface area contributed by atoms with Crippen LogP contribution in [0, 0.1) is 0 Å². The van der Waals surface area contributed by atoms with Crippen LogP contribution in [0.2, 0.25) is 0 Å². The Morgan fingerprint density at radius 3 is 3.13 bits per heavy atom. The van der Waals surface area contributed by atoms with Gasteiger partial charge in [0, 0.05) is 0 Å². The van der Waals surface area contributed by atoms with Gasteiger partial charge in [-0.15, -0.1) is 0 Å². The van der Waals surface area contributed by atoms with Gasteiger partial charge in [0.2, 0.25) is 0 Å². The van der Waals surface area contributed by atoms with Crippen LogP contribution in [0.15, 0.2) is 29.1 Å². The fraction of sp³-hybridized carbons (Fsp3) is 0.273. The summed E-state index contributed by atoms with van der Waals surface area (Å²) in [5, 5.41) is 0.652. The number of rotatable bonds is 0. The average Bonchev–Trinajstić information content (AvgIpc) is 2.59. The molecule has 1 aromatic carbocycles. The summed E-state index contributed by atoms with van der Waals surface area (Å²) in [7, 11) is 0. The molecule has 0 amide bonds. The molecule has 15 heavy (non-hydrogen) atoms. The van der Waals surface area contributed by atoms with E-state index in [2.05, 4.69) is 4.98 Å². The van der Waals surface area contributed by atoms with E-state index in [1.165, 1.54) is 0 Å². The number of para-hydroxylation sites is 1. The Hall–Kier alpha value is -1.84. The lowest BCUT2D eigenvalue weighted by molar-refractivity contribution is 0.246. The van der Waals surface area contributed by atoms with Crippen LogP contribution in [-0.2, 0) is 6.54 Å². The van der Waals surface area contributed by atoms with Crippen LogP contribution >= 0.6 is 0 Å². The fourth-order valence-corrected chi connectivity index (χ4v) is 1.87. The van der Waals surface area contributed by atoms with Crippen LogP contribution in [-0.4, -0.2) is 15.7 Å². The van der Waals surface area contributed by atoms with Gasteiger partial charge in [0.25, 0.3) is 11.6 Å². The zero-order valence-corrected chi connectivity index (χ0v) is 8.30. The smallest absolute Gasteiger partial charge is 0.300 e. The molecule has 4 nitrogen and oxygen atoms in total. The Bertz CT molecular complexity index is 589. The Labute approximate surface area is 86.1 Å². The quantitative estimate of drug-likeness (QED) is 0.644. The van der Waals surface area contributed by atoms with Crippen LogP contribution in [0.1, 0.15) is 6.92 Å². The van der Waals surface area contributed by atoms with Crippen molar-refractivity contribution in [2.24, 2.45) is 0 Å². The van der Waals surface area contributed by atoms with Crippen molar-refractivity contribution < 1.29 is 4.74 Å². The van der Waals surface area contributed by atoms with Crippen LogP contribution in [0.5, 0.6) is 6.01 Å². The lowest BCUT2D eigenvalue weighted by atomic mass is 10.2. The van der Waals surface area contributed by atoms with Crippen LogP contribution in [0.25, 0.3) is 10.9 Å². The molecule has 4 heteroatoms. The van der Waals surface area contributed by atoms with E-state index < -0.39 is 0 Å². The molecule has 76 valence electrons. The number of aromatic nitrogens is 2. The Morgan fingerprint density at radius 1 is 1.47 bits per heavy atom. The van der Waals surface area contributed by atoms with E-state index in [9.17, 15) is 4.79 Å². The summed E-state index contributed by atoms with van der Waals surface area (Å²) in [6.07, 6.45) is 0.0296. The summed E-state index contributed by atoms with van der Waals surface area (Å²) in [4.78, 5) is 16.3. The first-order chi connectivity index (χ1) is 7.25. The lowest BCUT2D eigenvalue weighted by Crippen LogP contribution is -2.19. The van der Waals surface area contributed by atoms with E-state index in [0.717, 1.165) is 0 Å². The summed E-state index contributed by atoms with van der Waals surface area (Å²) >= 11 is 0. The van der Waals surface area contributed by atoms with Gasteiger partial charge in [0.05, 0.1) is 17.4 Å². The molecule has 0 N–H and O–H groups in total. The summed E-state index contributed by atoms with van der Waals surface area (Å²) < 4.78 is 7.04. The third-order valence-corrected chi connectivity index (χ3v) is 2.57. The van der Waals surface area contributed by atoms with Crippen molar-refractivity contribution in [3.63, 3.8) is 0 Å². The first kappa shape index (κ1) is 8.47. The molecular formula is C11H10N2O2. The van der Waals surface area contributed by atoms with Gasteiger partial charge in [0.15, 0.2) is 0 Å². The number of benzene rings is 1. The third kappa shape index (κ3) is 1.14. The zero-order chi connectivity index (χ0) is 10.4. The van der Waals surface area contributed by atoms with Gasteiger partial charge in [-0.05, 0) is 19.1 Å². The zero-order valence-electron chi connectivity index (χ0n) is 8.30. The second kappa shape index (κ2) is 2.82. The highest BCUT2D eigenvalue weighted by molar-refractivity contribution is 5.77. The number of hydrogen-bond acceptors (Lipinski definition) is 3. The Balaban J connectivity index is 2.40. The highest BCUT2D eigenvalue weighted by Crippen LogP contribution is 2.19. The lowest BCUT2D eigenvalue weighted by Gasteiger charge is -2.01. The van der Waals surface area contributed by atoms with Gasteiger partial charge in [-0.25, -0.2) is 0 Å². The van der Waals surface area contributed by atoms with Crippen molar-refractivity contribution >= 4 is 10.9 Å². The van der Waals surface area contributed by atoms with E-state index in [-0.39, 0.29) is 11.7 Å². The summed E-state index contributed by atoms with van der Waals surface area (Å²) in [5.74, 6) is 0. The standard InChI is InChI=1S/C11H10N2O2/c1-7-6-13-10(14)8-4-2-3-5-9(8)12-11(13)15-7/h2-5,7H,6H2,1H3. The molecule has 1 atom stereocenters. The predicted molar refractivity (Wildman–Crippen MR) is 56.1 cm³/mol. The number of hydrogen-bond donors (Lipinski definition) is 0. The molecule has 0 fully saturated rings. The molecule has 0 saturated heterocycles. The summed E-state index contributed by atoms with van der Waals surface area (Å²) in [5.41, 5.74) is 0.683. The number of fused-ring (bicyclic) bond motifs is 2. The van der Waals surface area contributed by atoms with Gasteiger partial charge in [-0.3, -0.25) is 9.36 Å². The van der Waals surface area contributed by atoms with E-state index in [1.807, 2.05) is 25.1 Å². The maximum Gasteiger partial charge on any atom is 0.300 e. The number of ether oxygens (including phenoxy) is 1. The van der Waals surface area contributed by atoms with Crippen LogP contribution < -0.4 is 10.3 Å².